The number of carbonyl (C=O) groups excluding carboxylic acids is 2. The molecule has 0 saturated carbocycles. The van der Waals surface area contributed by atoms with E-state index in [1.165, 1.54) is 0 Å². The second kappa shape index (κ2) is 4.99. The van der Waals surface area contributed by atoms with Crippen LogP contribution in [0.3, 0.4) is 0 Å². The highest BCUT2D eigenvalue weighted by Crippen LogP contribution is 2.22. The number of amides is 1. The van der Waals surface area contributed by atoms with Crippen molar-refractivity contribution in [1.82, 2.24) is 0 Å². The number of esters is 1. The maximum absolute atomic E-state index is 11.6. The fraction of sp³-hybridized carbons (Fsp3) is 0.385. The predicted molar refractivity (Wildman–Crippen MR) is 64.0 cm³/mol. The van der Waals surface area contributed by atoms with Crippen molar-refractivity contribution >= 4 is 17.6 Å². The third-order valence-corrected chi connectivity index (χ3v) is 2.74. The van der Waals surface area contributed by atoms with Gasteiger partial charge in [0.15, 0.2) is 0 Å². The molecular weight excluding hydrogens is 218 g/mol. The van der Waals surface area contributed by atoms with E-state index in [1.807, 2.05) is 6.07 Å². The molecular formula is C13H15NO3. The zero-order chi connectivity index (χ0) is 12.3. The van der Waals surface area contributed by atoms with Gasteiger partial charge < -0.3 is 9.64 Å². The number of benzene rings is 1. The summed E-state index contributed by atoms with van der Waals surface area (Å²) in [5.74, 6) is -0.230. The van der Waals surface area contributed by atoms with Crippen LogP contribution in [0.15, 0.2) is 24.3 Å². The van der Waals surface area contributed by atoms with Crippen LogP contribution in [0.25, 0.3) is 0 Å². The zero-order valence-electron chi connectivity index (χ0n) is 9.81. The van der Waals surface area contributed by atoms with E-state index in [1.54, 1.807) is 30.0 Å². The zero-order valence-corrected chi connectivity index (χ0v) is 9.81. The minimum atomic E-state index is -0.346. The van der Waals surface area contributed by atoms with E-state index in [0.29, 0.717) is 18.6 Å². The van der Waals surface area contributed by atoms with Gasteiger partial charge in [0.1, 0.15) is 0 Å². The molecule has 1 aliphatic heterocycles. The van der Waals surface area contributed by atoms with Crippen LogP contribution in [-0.4, -0.2) is 25.0 Å². The first kappa shape index (κ1) is 11.6. The molecule has 0 N–H and O–H groups in total. The van der Waals surface area contributed by atoms with Gasteiger partial charge in [0.2, 0.25) is 5.91 Å². The molecule has 90 valence electrons. The van der Waals surface area contributed by atoms with E-state index in [4.69, 9.17) is 4.74 Å². The quantitative estimate of drug-likeness (QED) is 0.750. The van der Waals surface area contributed by atoms with Crippen LogP contribution < -0.4 is 4.90 Å². The first-order valence-corrected chi connectivity index (χ1v) is 5.80. The van der Waals surface area contributed by atoms with Gasteiger partial charge in [0, 0.05) is 18.7 Å². The van der Waals surface area contributed by atoms with E-state index in [-0.39, 0.29) is 11.9 Å². The van der Waals surface area contributed by atoms with Crippen LogP contribution in [0.5, 0.6) is 0 Å². The predicted octanol–water partition coefficient (Wildman–Crippen LogP) is 1.99. The van der Waals surface area contributed by atoms with Crippen LogP contribution in [0.2, 0.25) is 0 Å². The molecule has 1 aromatic rings. The third-order valence-electron chi connectivity index (χ3n) is 2.74. The number of ether oxygens (including phenoxy) is 1. The molecule has 0 bridgehead atoms. The number of hydrogen-bond acceptors (Lipinski definition) is 3. The second-order valence-electron chi connectivity index (χ2n) is 3.92. The number of anilines is 1. The highest BCUT2D eigenvalue weighted by atomic mass is 16.5. The monoisotopic (exact) mass is 233 g/mol. The largest absolute Gasteiger partial charge is 0.462 e. The van der Waals surface area contributed by atoms with Crippen molar-refractivity contribution in [3.05, 3.63) is 29.8 Å². The van der Waals surface area contributed by atoms with Crippen LogP contribution in [0, 0.1) is 0 Å². The first-order chi connectivity index (χ1) is 8.22. The molecule has 2 rings (SSSR count). The van der Waals surface area contributed by atoms with Crippen LogP contribution in [0.4, 0.5) is 5.69 Å². The van der Waals surface area contributed by atoms with Crippen molar-refractivity contribution in [2.24, 2.45) is 0 Å². The van der Waals surface area contributed by atoms with Crippen molar-refractivity contribution in [3.63, 3.8) is 0 Å². The maximum atomic E-state index is 11.6. The van der Waals surface area contributed by atoms with Crippen molar-refractivity contribution in [2.45, 2.75) is 19.8 Å². The van der Waals surface area contributed by atoms with Gasteiger partial charge in [-0.2, -0.15) is 0 Å². The lowest BCUT2D eigenvalue weighted by Crippen LogP contribution is -2.23. The Morgan fingerprint density at radius 2 is 2.29 bits per heavy atom. The summed E-state index contributed by atoms with van der Waals surface area (Å²) in [6.07, 6.45) is 1.46. The molecule has 1 aliphatic rings. The van der Waals surface area contributed by atoms with Crippen molar-refractivity contribution in [1.29, 1.82) is 0 Å². The molecule has 0 unspecified atom stereocenters. The number of nitrogens with zero attached hydrogens (tertiary/aromatic N) is 1. The molecule has 1 fully saturated rings. The molecule has 0 spiro atoms. The summed E-state index contributed by atoms with van der Waals surface area (Å²) < 4.78 is 4.93. The van der Waals surface area contributed by atoms with Crippen LogP contribution >= 0.6 is 0 Å². The lowest BCUT2D eigenvalue weighted by molar-refractivity contribution is -0.117. The SMILES string of the molecule is CCOC(=O)c1cccc(N2CCCC2=O)c1. The summed E-state index contributed by atoms with van der Waals surface area (Å²) in [6, 6.07) is 7.02. The molecule has 4 heteroatoms. The summed E-state index contributed by atoms with van der Waals surface area (Å²) >= 11 is 0. The maximum Gasteiger partial charge on any atom is 0.338 e. The summed E-state index contributed by atoms with van der Waals surface area (Å²) in [4.78, 5) is 24.9. The highest BCUT2D eigenvalue weighted by molar-refractivity contribution is 5.97. The second-order valence-corrected chi connectivity index (χ2v) is 3.92. The van der Waals surface area contributed by atoms with E-state index in [9.17, 15) is 9.59 Å². The first-order valence-electron chi connectivity index (χ1n) is 5.80. The van der Waals surface area contributed by atoms with Gasteiger partial charge in [-0.25, -0.2) is 4.79 Å². The van der Waals surface area contributed by atoms with E-state index >= 15 is 0 Å². The van der Waals surface area contributed by atoms with Gasteiger partial charge in [-0.15, -0.1) is 0 Å². The molecule has 1 heterocycles. The van der Waals surface area contributed by atoms with Crippen molar-refractivity contribution in [3.8, 4) is 0 Å². The van der Waals surface area contributed by atoms with Gasteiger partial charge in [-0.05, 0) is 31.5 Å². The topological polar surface area (TPSA) is 46.6 Å². The molecule has 1 amide bonds. The average molecular weight is 233 g/mol. The molecule has 4 nitrogen and oxygen atoms in total. The number of carbonyl (C=O) groups is 2. The molecule has 1 saturated heterocycles. The standard InChI is InChI=1S/C13H15NO3/c1-2-17-13(16)10-5-3-6-11(9-10)14-8-4-7-12(14)15/h3,5-6,9H,2,4,7-8H2,1H3. The van der Waals surface area contributed by atoms with Gasteiger partial charge >= 0.3 is 5.97 Å². The van der Waals surface area contributed by atoms with E-state index in [0.717, 1.165) is 18.7 Å². The molecule has 17 heavy (non-hydrogen) atoms. The fourth-order valence-corrected chi connectivity index (χ4v) is 1.94. The van der Waals surface area contributed by atoms with Crippen LogP contribution in [-0.2, 0) is 9.53 Å². The normalized spacial score (nSPS) is 15.1. The minimum absolute atomic E-state index is 0.117. The summed E-state index contributed by atoms with van der Waals surface area (Å²) in [5, 5.41) is 0. The Kier molecular flexibility index (Phi) is 3.42. The Morgan fingerprint density at radius 3 is 2.94 bits per heavy atom. The molecule has 0 aromatic heterocycles. The van der Waals surface area contributed by atoms with Gasteiger partial charge in [-0.3, -0.25) is 4.79 Å². The third kappa shape index (κ3) is 2.46. The summed E-state index contributed by atoms with van der Waals surface area (Å²) in [7, 11) is 0. The van der Waals surface area contributed by atoms with Crippen molar-refractivity contribution < 1.29 is 14.3 Å². The molecule has 0 aliphatic carbocycles. The Morgan fingerprint density at radius 1 is 1.47 bits per heavy atom. The Bertz CT molecular complexity index is 442. The van der Waals surface area contributed by atoms with Gasteiger partial charge in [0.05, 0.1) is 12.2 Å². The minimum Gasteiger partial charge on any atom is -0.462 e. The molecule has 0 atom stereocenters. The van der Waals surface area contributed by atoms with Crippen molar-refractivity contribution in [2.75, 3.05) is 18.1 Å². The lowest BCUT2D eigenvalue weighted by atomic mass is 10.2. The Hall–Kier alpha value is -1.84. The van der Waals surface area contributed by atoms with E-state index in [2.05, 4.69) is 0 Å². The smallest absolute Gasteiger partial charge is 0.338 e. The Balaban J connectivity index is 2.22. The number of hydrogen-bond donors (Lipinski definition) is 0. The fourth-order valence-electron chi connectivity index (χ4n) is 1.94. The van der Waals surface area contributed by atoms with Gasteiger partial charge in [-0.1, -0.05) is 6.07 Å². The molecule has 1 aromatic carbocycles. The average Bonchev–Trinajstić information content (AvgIpc) is 2.76. The Labute approximate surface area is 100 Å². The van der Waals surface area contributed by atoms with Crippen LogP contribution in [0.1, 0.15) is 30.1 Å². The van der Waals surface area contributed by atoms with Gasteiger partial charge in [0.25, 0.3) is 0 Å². The molecule has 0 radical (unpaired) electrons. The highest BCUT2D eigenvalue weighted by Gasteiger charge is 2.22. The lowest BCUT2D eigenvalue weighted by Gasteiger charge is -2.16. The van der Waals surface area contributed by atoms with E-state index < -0.39 is 0 Å². The summed E-state index contributed by atoms with van der Waals surface area (Å²) in [5.41, 5.74) is 1.27. The number of rotatable bonds is 3. The summed E-state index contributed by atoms with van der Waals surface area (Å²) in [6.45, 7) is 2.85.